The van der Waals surface area contributed by atoms with Gasteiger partial charge in [0.15, 0.2) is 0 Å². The number of fused-ring (bicyclic) bond motifs is 1. The standard InChI is InChI=1S/C27H22FN4O2/c1-25(23(33)31-24-29-14-21(30-24)16-7-6-8-17(28)13-16)15-27-19-10-3-2-9-18(19)22(25)20-11-4-5-12-26(20,27)32(27)34/h2-14,20,22H,15H2,1H3,(H2,29,30,31,33)/q-1. The highest BCUT2D eigenvalue weighted by Gasteiger charge is 2.82. The lowest BCUT2D eigenvalue weighted by molar-refractivity contribution is -0.129. The second-order valence-electron chi connectivity index (χ2n) is 10.0. The lowest BCUT2D eigenvalue weighted by Gasteiger charge is -2.55. The third-order valence-corrected chi connectivity index (χ3v) is 8.46. The molecule has 1 saturated carbocycles. The average molecular weight is 453 g/mol. The topological polar surface area (TPSA) is 83.8 Å². The fourth-order valence-electron chi connectivity index (χ4n) is 7.05. The summed E-state index contributed by atoms with van der Waals surface area (Å²) in [6, 6.07) is 14.2. The molecule has 1 amide bonds. The Hall–Kier alpha value is -3.55. The van der Waals surface area contributed by atoms with Crippen molar-refractivity contribution in [2.45, 2.75) is 30.3 Å². The Labute approximate surface area is 195 Å². The maximum atomic E-state index is 13.8. The molecule has 170 valence electrons. The van der Waals surface area contributed by atoms with E-state index in [9.17, 15) is 14.4 Å². The van der Waals surface area contributed by atoms with Gasteiger partial charge in [-0.3, -0.25) is 10.1 Å². The molecule has 2 spiro atoms. The monoisotopic (exact) mass is 453 g/mol. The number of allylic oxidation sites excluding steroid dienone is 2. The van der Waals surface area contributed by atoms with E-state index < -0.39 is 16.5 Å². The van der Waals surface area contributed by atoms with E-state index in [1.54, 1.807) is 18.3 Å². The Balaban J connectivity index is 1.27. The molecular formula is C27H22FN4O2-. The van der Waals surface area contributed by atoms with E-state index in [1.807, 2.05) is 43.4 Å². The van der Waals surface area contributed by atoms with E-state index >= 15 is 0 Å². The van der Waals surface area contributed by atoms with Crippen molar-refractivity contribution < 1.29 is 9.18 Å². The quantitative estimate of drug-likeness (QED) is 0.555. The number of benzene rings is 2. The van der Waals surface area contributed by atoms with Crippen LogP contribution in [0.1, 0.15) is 30.4 Å². The number of imidazole rings is 1. The van der Waals surface area contributed by atoms with E-state index in [0.717, 1.165) is 11.1 Å². The number of nitrogens with zero attached hydrogens (tertiary/aromatic N) is 2. The molecule has 8 rings (SSSR count). The number of halogens is 1. The van der Waals surface area contributed by atoms with Gasteiger partial charge in [0.2, 0.25) is 11.9 Å². The molecule has 1 saturated heterocycles. The van der Waals surface area contributed by atoms with Gasteiger partial charge in [0.25, 0.3) is 0 Å². The molecule has 2 fully saturated rings. The van der Waals surface area contributed by atoms with Gasteiger partial charge in [0, 0.05) is 17.4 Å². The number of anilines is 1. The summed E-state index contributed by atoms with van der Waals surface area (Å²) >= 11 is 0. The number of hydroxylamine groups is 2. The summed E-state index contributed by atoms with van der Waals surface area (Å²) in [4.78, 5) is 21.2. The molecule has 1 aromatic heterocycles. The number of carbonyl (C=O) groups is 1. The van der Waals surface area contributed by atoms with E-state index in [1.165, 1.54) is 17.2 Å². The fourth-order valence-corrected chi connectivity index (χ4v) is 7.05. The van der Waals surface area contributed by atoms with Crippen molar-refractivity contribution >= 4 is 11.9 Å². The van der Waals surface area contributed by atoms with Gasteiger partial charge in [-0.05, 0) is 29.7 Å². The number of carbonyl (C=O) groups excluding carboxylic acids is 1. The lowest BCUT2D eigenvalue weighted by atomic mass is 9.46. The van der Waals surface area contributed by atoms with Gasteiger partial charge in [-0.2, -0.15) is 0 Å². The molecule has 1 aliphatic heterocycles. The smallest absolute Gasteiger partial charge is 0.233 e. The summed E-state index contributed by atoms with van der Waals surface area (Å²) < 4.78 is 13.6. The number of aromatic nitrogens is 2. The summed E-state index contributed by atoms with van der Waals surface area (Å²) in [5.74, 6) is -0.454. The molecule has 2 bridgehead atoms. The first kappa shape index (κ1) is 19.9. The van der Waals surface area contributed by atoms with Crippen LogP contribution >= 0.6 is 0 Å². The van der Waals surface area contributed by atoms with Gasteiger partial charge in [-0.25, -0.2) is 9.37 Å². The first-order chi connectivity index (χ1) is 16.4. The van der Waals surface area contributed by atoms with E-state index in [0.29, 0.717) is 23.6 Å². The minimum Gasteiger partial charge on any atom is -0.784 e. The van der Waals surface area contributed by atoms with Gasteiger partial charge < -0.3 is 15.3 Å². The van der Waals surface area contributed by atoms with Crippen molar-refractivity contribution in [1.29, 1.82) is 0 Å². The average Bonchev–Trinajstić information content (AvgIpc) is 3.13. The summed E-state index contributed by atoms with van der Waals surface area (Å²) in [6.07, 6.45) is 10.1. The number of aromatic amines is 1. The predicted octanol–water partition coefficient (Wildman–Crippen LogP) is 4.85. The van der Waals surface area contributed by atoms with Gasteiger partial charge in [-0.15, -0.1) is 0 Å². The number of rotatable bonds is 3. The highest BCUT2D eigenvalue weighted by atomic mass is 19.1. The lowest BCUT2D eigenvalue weighted by Crippen LogP contribution is -2.57. The molecule has 2 heterocycles. The van der Waals surface area contributed by atoms with Crippen LogP contribution in [-0.4, -0.2) is 26.5 Å². The van der Waals surface area contributed by atoms with Crippen molar-refractivity contribution in [3.63, 3.8) is 0 Å². The zero-order chi connectivity index (χ0) is 23.3. The molecule has 34 heavy (non-hydrogen) atoms. The maximum Gasteiger partial charge on any atom is 0.233 e. The minimum absolute atomic E-state index is 0.0890. The van der Waals surface area contributed by atoms with E-state index in [2.05, 4.69) is 27.4 Å². The third-order valence-electron chi connectivity index (χ3n) is 8.46. The summed E-state index contributed by atoms with van der Waals surface area (Å²) in [7, 11) is 0. The molecule has 6 nitrogen and oxygen atoms in total. The Bertz CT molecular complexity index is 1430. The van der Waals surface area contributed by atoms with Crippen LogP contribution in [-0.2, 0) is 10.3 Å². The third kappa shape index (κ3) is 2.17. The van der Waals surface area contributed by atoms with Crippen LogP contribution in [0.4, 0.5) is 10.3 Å². The number of hydrogen-bond acceptors (Lipinski definition) is 4. The Kier molecular flexibility index (Phi) is 3.69. The van der Waals surface area contributed by atoms with Crippen molar-refractivity contribution in [2.24, 2.45) is 11.3 Å². The highest BCUT2D eigenvalue weighted by molar-refractivity contribution is 5.96. The van der Waals surface area contributed by atoms with Gasteiger partial charge >= 0.3 is 0 Å². The van der Waals surface area contributed by atoms with Crippen molar-refractivity contribution in [3.05, 3.63) is 101 Å². The molecule has 3 aromatic rings. The number of amides is 1. The SMILES string of the molecule is CC1(C(=O)Nc2ncc(-c3cccc(F)c3)[nH]2)CC23c4ccccc4C1C1C=CC=CC12N3[O-]. The number of H-pyrrole nitrogens is 1. The van der Waals surface area contributed by atoms with Crippen molar-refractivity contribution in [1.82, 2.24) is 15.0 Å². The molecule has 0 radical (unpaired) electrons. The van der Waals surface area contributed by atoms with Crippen LogP contribution in [0.3, 0.4) is 0 Å². The molecule has 6 atom stereocenters. The highest BCUT2D eigenvalue weighted by Crippen LogP contribution is 2.79. The Morgan fingerprint density at radius 1 is 1.24 bits per heavy atom. The van der Waals surface area contributed by atoms with Crippen LogP contribution in [0, 0.1) is 22.4 Å². The molecular weight excluding hydrogens is 431 g/mol. The Morgan fingerprint density at radius 2 is 2.09 bits per heavy atom. The Morgan fingerprint density at radius 3 is 2.94 bits per heavy atom. The summed E-state index contributed by atoms with van der Waals surface area (Å²) in [5.41, 5.74) is 1.20. The van der Waals surface area contributed by atoms with Crippen LogP contribution in [0.2, 0.25) is 0 Å². The minimum atomic E-state index is -0.816. The predicted molar refractivity (Wildman–Crippen MR) is 126 cm³/mol. The number of hydrogen-bond donors (Lipinski definition) is 2. The first-order valence-electron chi connectivity index (χ1n) is 11.5. The number of nitrogens with one attached hydrogen (secondary N) is 2. The summed E-state index contributed by atoms with van der Waals surface area (Å²) in [6.45, 7) is 1.96. The largest absolute Gasteiger partial charge is 0.784 e. The zero-order valence-electron chi connectivity index (χ0n) is 18.5. The molecule has 7 heteroatoms. The molecule has 2 aromatic carbocycles. The zero-order valence-corrected chi connectivity index (χ0v) is 18.5. The van der Waals surface area contributed by atoms with Crippen LogP contribution < -0.4 is 5.32 Å². The van der Waals surface area contributed by atoms with Crippen LogP contribution in [0.15, 0.2) is 79.0 Å². The second kappa shape index (κ2) is 6.31. The van der Waals surface area contributed by atoms with Crippen LogP contribution in [0.5, 0.6) is 0 Å². The summed E-state index contributed by atoms with van der Waals surface area (Å²) in [5, 5.41) is 17.7. The van der Waals surface area contributed by atoms with E-state index in [4.69, 9.17) is 0 Å². The van der Waals surface area contributed by atoms with Gasteiger partial charge in [0.05, 0.1) is 28.4 Å². The van der Waals surface area contributed by atoms with Gasteiger partial charge in [-0.1, -0.05) is 67.6 Å². The fraction of sp³-hybridized carbons (Fsp3) is 0.259. The maximum absolute atomic E-state index is 13.8. The second-order valence-corrected chi connectivity index (χ2v) is 10.0. The molecule has 2 N–H and O–H groups in total. The van der Waals surface area contributed by atoms with Crippen LogP contribution in [0.25, 0.3) is 11.3 Å². The molecule has 6 unspecified atom stereocenters. The molecule has 5 aliphatic rings. The first-order valence-corrected chi connectivity index (χ1v) is 11.5. The normalized spacial score (nSPS) is 35.9. The van der Waals surface area contributed by atoms with E-state index in [-0.39, 0.29) is 23.6 Å². The molecule has 4 aliphatic carbocycles. The van der Waals surface area contributed by atoms with Gasteiger partial charge in [0.1, 0.15) is 5.82 Å². The van der Waals surface area contributed by atoms with Crippen molar-refractivity contribution in [2.75, 3.05) is 5.32 Å². The van der Waals surface area contributed by atoms with Crippen molar-refractivity contribution in [3.8, 4) is 11.3 Å².